The maximum atomic E-state index is 13.2. The molecule has 0 aromatic heterocycles. The molecule has 1 atom stereocenters. The number of hydrogen-bond donors (Lipinski definition) is 0. The standard InChI is InChI=1S/C24H28N4O2/c1-19(24(30)28(14-6-13-25)23-7-4-3-5-8-23)26-15-17-27(18-16-26)22-11-9-21(10-12-22)20(2)29/h3-5,7-12,19H,6,14-18H2,1-2H3/t19-/m1/s1. The summed E-state index contributed by atoms with van der Waals surface area (Å²) in [7, 11) is 0. The van der Waals surface area contributed by atoms with Crippen LogP contribution in [0.4, 0.5) is 11.4 Å². The number of carbonyl (C=O) groups excluding carboxylic acids is 2. The van der Waals surface area contributed by atoms with Gasteiger partial charge < -0.3 is 9.80 Å². The first-order valence-electron chi connectivity index (χ1n) is 10.3. The van der Waals surface area contributed by atoms with Gasteiger partial charge in [-0.3, -0.25) is 14.5 Å². The fourth-order valence-corrected chi connectivity index (χ4v) is 3.79. The Bertz CT molecular complexity index is 897. The van der Waals surface area contributed by atoms with E-state index in [2.05, 4.69) is 15.9 Å². The molecule has 1 fully saturated rings. The predicted octanol–water partition coefficient (Wildman–Crippen LogP) is 3.35. The van der Waals surface area contributed by atoms with Crippen molar-refractivity contribution in [3.63, 3.8) is 0 Å². The lowest BCUT2D eigenvalue weighted by atomic mass is 10.1. The van der Waals surface area contributed by atoms with E-state index in [0.717, 1.165) is 43.1 Å². The SMILES string of the molecule is CC(=O)c1ccc(N2CCN([C@H](C)C(=O)N(CCC#N)c3ccccc3)CC2)cc1. The van der Waals surface area contributed by atoms with Crippen molar-refractivity contribution in [1.82, 2.24) is 4.90 Å². The summed E-state index contributed by atoms with van der Waals surface area (Å²) in [4.78, 5) is 30.9. The van der Waals surface area contributed by atoms with Crippen molar-refractivity contribution < 1.29 is 9.59 Å². The Hall–Kier alpha value is -3.17. The third kappa shape index (κ3) is 5.05. The minimum atomic E-state index is -0.258. The van der Waals surface area contributed by atoms with Crippen LogP contribution >= 0.6 is 0 Å². The molecule has 2 aromatic carbocycles. The summed E-state index contributed by atoms with van der Waals surface area (Å²) < 4.78 is 0. The van der Waals surface area contributed by atoms with Crippen LogP contribution in [0.5, 0.6) is 0 Å². The summed E-state index contributed by atoms with van der Waals surface area (Å²) in [5.74, 6) is 0.0915. The van der Waals surface area contributed by atoms with Crippen LogP contribution in [0.2, 0.25) is 0 Å². The van der Waals surface area contributed by atoms with Gasteiger partial charge in [-0.25, -0.2) is 0 Å². The number of para-hydroxylation sites is 1. The lowest BCUT2D eigenvalue weighted by molar-refractivity contribution is -0.123. The van der Waals surface area contributed by atoms with Crippen molar-refractivity contribution in [3.8, 4) is 6.07 Å². The number of anilines is 2. The summed E-state index contributed by atoms with van der Waals surface area (Å²) in [6, 6.07) is 19.1. The molecular formula is C24H28N4O2. The monoisotopic (exact) mass is 404 g/mol. The van der Waals surface area contributed by atoms with E-state index in [-0.39, 0.29) is 17.7 Å². The lowest BCUT2D eigenvalue weighted by Gasteiger charge is -2.40. The zero-order valence-electron chi connectivity index (χ0n) is 17.6. The number of nitrogens with zero attached hydrogens (tertiary/aromatic N) is 4. The second-order valence-corrected chi connectivity index (χ2v) is 7.54. The molecule has 0 bridgehead atoms. The van der Waals surface area contributed by atoms with Crippen LogP contribution in [0.3, 0.4) is 0 Å². The Balaban J connectivity index is 1.63. The minimum Gasteiger partial charge on any atom is -0.369 e. The molecule has 0 aliphatic carbocycles. The van der Waals surface area contributed by atoms with Crippen molar-refractivity contribution in [3.05, 3.63) is 60.2 Å². The zero-order chi connectivity index (χ0) is 21.5. The number of amides is 1. The van der Waals surface area contributed by atoms with Crippen LogP contribution in [-0.2, 0) is 4.79 Å². The number of carbonyl (C=O) groups is 2. The Labute approximate surface area is 178 Å². The number of rotatable bonds is 7. The van der Waals surface area contributed by atoms with Gasteiger partial charge >= 0.3 is 0 Å². The smallest absolute Gasteiger partial charge is 0.244 e. The first kappa shape index (κ1) is 21.5. The molecule has 0 spiro atoms. The van der Waals surface area contributed by atoms with Gasteiger partial charge in [0.25, 0.3) is 0 Å². The van der Waals surface area contributed by atoms with Crippen LogP contribution in [0.1, 0.15) is 30.6 Å². The van der Waals surface area contributed by atoms with E-state index in [1.165, 1.54) is 0 Å². The van der Waals surface area contributed by atoms with Gasteiger partial charge in [-0.05, 0) is 50.2 Å². The van der Waals surface area contributed by atoms with Gasteiger partial charge in [0.05, 0.1) is 18.5 Å². The highest BCUT2D eigenvalue weighted by atomic mass is 16.2. The molecule has 6 heteroatoms. The Kier molecular flexibility index (Phi) is 7.21. The highest BCUT2D eigenvalue weighted by Crippen LogP contribution is 2.21. The largest absolute Gasteiger partial charge is 0.369 e. The summed E-state index contributed by atoms with van der Waals surface area (Å²) in [5.41, 5.74) is 2.64. The van der Waals surface area contributed by atoms with Crippen LogP contribution in [0, 0.1) is 11.3 Å². The van der Waals surface area contributed by atoms with Gasteiger partial charge in [-0.2, -0.15) is 5.26 Å². The number of ketones is 1. The van der Waals surface area contributed by atoms with Crippen molar-refractivity contribution in [1.29, 1.82) is 5.26 Å². The van der Waals surface area contributed by atoms with Crippen LogP contribution in [0.15, 0.2) is 54.6 Å². The van der Waals surface area contributed by atoms with E-state index in [0.29, 0.717) is 13.0 Å². The highest BCUT2D eigenvalue weighted by Gasteiger charge is 2.29. The minimum absolute atomic E-state index is 0.0238. The van der Waals surface area contributed by atoms with E-state index in [9.17, 15) is 9.59 Å². The van der Waals surface area contributed by atoms with E-state index < -0.39 is 0 Å². The molecule has 0 N–H and O–H groups in total. The second-order valence-electron chi connectivity index (χ2n) is 7.54. The molecule has 156 valence electrons. The average Bonchev–Trinajstić information content (AvgIpc) is 2.79. The fourth-order valence-electron chi connectivity index (χ4n) is 3.79. The molecule has 2 aromatic rings. The Morgan fingerprint density at radius 2 is 1.67 bits per heavy atom. The quantitative estimate of drug-likeness (QED) is 0.662. The predicted molar refractivity (Wildman–Crippen MR) is 119 cm³/mol. The molecule has 0 saturated carbocycles. The van der Waals surface area contributed by atoms with Gasteiger partial charge in [-0.1, -0.05) is 18.2 Å². The molecular weight excluding hydrogens is 376 g/mol. The second kappa shape index (κ2) is 10.0. The molecule has 1 aliphatic heterocycles. The van der Waals surface area contributed by atoms with Crippen molar-refractivity contribution in [2.45, 2.75) is 26.3 Å². The maximum absolute atomic E-state index is 13.2. The van der Waals surface area contributed by atoms with Gasteiger partial charge in [-0.15, -0.1) is 0 Å². The summed E-state index contributed by atoms with van der Waals surface area (Å²) in [6.07, 6.45) is 0.303. The first-order chi connectivity index (χ1) is 14.5. The lowest BCUT2D eigenvalue weighted by Crippen LogP contribution is -2.55. The number of benzene rings is 2. The molecule has 3 rings (SSSR count). The van der Waals surface area contributed by atoms with E-state index in [1.54, 1.807) is 11.8 Å². The molecule has 6 nitrogen and oxygen atoms in total. The van der Waals surface area contributed by atoms with Crippen LogP contribution in [-0.4, -0.2) is 55.4 Å². The summed E-state index contributed by atoms with van der Waals surface area (Å²) >= 11 is 0. The molecule has 0 unspecified atom stereocenters. The van der Waals surface area contributed by atoms with Crippen molar-refractivity contribution >= 4 is 23.1 Å². The Morgan fingerprint density at radius 3 is 2.23 bits per heavy atom. The van der Waals surface area contributed by atoms with Gasteiger partial charge in [0.15, 0.2) is 5.78 Å². The average molecular weight is 405 g/mol. The fraction of sp³-hybridized carbons (Fsp3) is 0.375. The molecule has 1 heterocycles. The van der Waals surface area contributed by atoms with E-state index in [1.807, 2.05) is 61.5 Å². The molecule has 1 aliphatic rings. The number of hydrogen-bond acceptors (Lipinski definition) is 5. The van der Waals surface area contributed by atoms with E-state index in [4.69, 9.17) is 5.26 Å². The highest BCUT2D eigenvalue weighted by molar-refractivity contribution is 5.97. The number of nitriles is 1. The van der Waals surface area contributed by atoms with Crippen molar-refractivity contribution in [2.75, 3.05) is 42.5 Å². The van der Waals surface area contributed by atoms with E-state index >= 15 is 0 Å². The third-order valence-electron chi connectivity index (χ3n) is 5.64. The topological polar surface area (TPSA) is 67.7 Å². The number of piperazine rings is 1. The van der Waals surface area contributed by atoms with Crippen LogP contribution < -0.4 is 9.80 Å². The molecule has 30 heavy (non-hydrogen) atoms. The van der Waals surface area contributed by atoms with Crippen LogP contribution in [0.25, 0.3) is 0 Å². The molecule has 0 radical (unpaired) electrons. The van der Waals surface area contributed by atoms with Gasteiger partial charge in [0, 0.05) is 49.7 Å². The maximum Gasteiger partial charge on any atom is 0.244 e. The normalized spacial score (nSPS) is 15.3. The first-order valence-corrected chi connectivity index (χ1v) is 10.3. The summed E-state index contributed by atoms with van der Waals surface area (Å²) in [5, 5.41) is 8.99. The zero-order valence-corrected chi connectivity index (χ0v) is 17.6. The molecule has 1 amide bonds. The van der Waals surface area contributed by atoms with Gasteiger partial charge in [0.2, 0.25) is 5.91 Å². The molecule has 1 saturated heterocycles. The van der Waals surface area contributed by atoms with Gasteiger partial charge in [0.1, 0.15) is 0 Å². The number of Topliss-reactive ketones (excluding diaryl/α,β-unsaturated/α-hetero) is 1. The summed E-state index contributed by atoms with van der Waals surface area (Å²) in [6.45, 7) is 7.11. The third-order valence-corrected chi connectivity index (χ3v) is 5.64. The Morgan fingerprint density at radius 1 is 1.03 bits per heavy atom. The van der Waals surface area contributed by atoms with Crippen molar-refractivity contribution in [2.24, 2.45) is 0 Å².